The first-order chi connectivity index (χ1) is 8.56. The molecule has 0 aliphatic carbocycles. The molecular weight excluding hydrogens is 250 g/mol. The van der Waals surface area contributed by atoms with Gasteiger partial charge in [0, 0.05) is 12.8 Å². The summed E-state index contributed by atoms with van der Waals surface area (Å²) in [6.07, 6.45) is 0.413. The summed E-state index contributed by atoms with van der Waals surface area (Å²) in [5, 5.41) is 10.8. The average Bonchev–Trinajstić information content (AvgIpc) is 2.38. The lowest BCUT2D eigenvalue weighted by molar-refractivity contribution is -0.126. The van der Waals surface area contributed by atoms with Crippen LogP contribution in [0.1, 0.15) is 39.7 Å². The van der Waals surface area contributed by atoms with E-state index in [-0.39, 0.29) is 12.0 Å². The molecule has 1 aromatic carbocycles. The van der Waals surface area contributed by atoms with Gasteiger partial charge in [0.05, 0.1) is 16.8 Å². The van der Waals surface area contributed by atoms with Gasteiger partial charge >= 0.3 is 0 Å². The molecule has 0 aromatic heterocycles. The Labute approximate surface area is 112 Å². The number of benzene rings is 1. The molecule has 4 heteroatoms. The van der Waals surface area contributed by atoms with Crippen molar-refractivity contribution in [2.24, 2.45) is 0 Å². The maximum Gasteiger partial charge on any atom is 0.162 e. The Balaban J connectivity index is 2.34. The Hall–Kier alpha value is -1.00. The van der Waals surface area contributed by atoms with Crippen LogP contribution < -0.4 is 0 Å². The Bertz CT molecular complexity index is 497. The molecule has 1 aliphatic heterocycles. The maximum absolute atomic E-state index is 13.7. The van der Waals surface area contributed by atoms with E-state index < -0.39 is 28.4 Å². The van der Waals surface area contributed by atoms with Crippen LogP contribution in [0, 0.1) is 11.6 Å². The molecule has 0 spiro atoms. The minimum absolute atomic E-state index is 0.0347. The van der Waals surface area contributed by atoms with Gasteiger partial charge in [0.25, 0.3) is 0 Å². The topological polar surface area (TPSA) is 29.5 Å². The van der Waals surface area contributed by atoms with Crippen LogP contribution in [-0.4, -0.2) is 21.9 Å². The largest absolute Gasteiger partial charge is 0.386 e. The number of hydrogen-bond acceptors (Lipinski definition) is 2. The molecule has 1 unspecified atom stereocenters. The highest BCUT2D eigenvalue weighted by molar-refractivity contribution is 5.23. The standard InChI is InChI=1S/C15H20F2O2/c1-13(2)9-15(18,14(3,4)19-13)8-10-6-5-7-11(16)12(10)17/h5-7,18H,8-9H2,1-4H3. The molecular formula is C15H20F2O2. The second-order valence-electron chi connectivity index (χ2n) is 6.47. The van der Waals surface area contributed by atoms with Crippen molar-refractivity contribution in [3.05, 3.63) is 35.4 Å². The number of ether oxygens (including phenoxy) is 1. The fraction of sp³-hybridized carbons (Fsp3) is 0.600. The van der Waals surface area contributed by atoms with Crippen LogP contribution in [0.5, 0.6) is 0 Å². The third-order valence-electron chi connectivity index (χ3n) is 3.88. The van der Waals surface area contributed by atoms with Crippen LogP contribution in [0.25, 0.3) is 0 Å². The zero-order chi connectivity index (χ0) is 14.5. The minimum Gasteiger partial charge on any atom is -0.386 e. The lowest BCUT2D eigenvalue weighted by Gasteiger charge is -2.35. The average molecular weight is 270 g/mol. The molecule has 1 atom stereocenters. The van der Waals surface area contributed by atoms with Gasteiger partial charge in [-0.1, -0.05) is 12.1 Å². The summed E-state index contributed by atoms with van der Waals surface area (Å²) in [7, 11) is 0. The third-order valence-corrected chi connectivity index (χ3v) is 3.88. The van der Waals surface area contributed by atoms with Gasteiger partial charge in [0.1, 0.15) is 0 Å². The van der Waals surface area contributed by atoms with Gasteiger partial charge in [0.2, 0.25) is 0 Å². The van der Waals surface area contributed by atoms with Crippen LogP contribution in [-0.2, 0) is 11.2 Å². The molecule has 0 amide bonds. The van der Waals surface area contributed by atoms with Crippen LogP contribution in [0.15, 0.2) is 18.2 Å². The van der Waals surface area contributed by atoms with Gasteiger partial charge in [-0.2, -0.15) is 0 Å². The Morgan fingerprint density at radius 2 is 1.84 bits per heavy atom. The first kappa shape index (κ1) is 14.4. The zero-order valence-corrected chi connectivity index (χ0v) is 11.8. The van der Waals surface area contributed by atoms with Crippen LogP contribution in [0.4, 0.5) is 8.78 Å². The molecule has 106 valence electrons. The van der Waals surface area contributed by atoms with Crippen molar-refractivity contribution < 1.29 is 18.6 Å². The Kier molecular flexibility index (Phi) is 3.22. The second kappa shape index (κ2) is 4.25. The van der Waals surface area contributed by atoms with Gasteiger partial charge in [-0.15, -0.1) is 0 Å². The summed E-state index contributed by atoms with van der Waals surface area (Å²) in [6.45, 7) is 7.32. The molecule has 1 aromatic rings. The van der Waals surface area contributed by atoms with Crippen LogP contribution >= 0.6 is 0 Å². The van der Waals surface area contributed by atoms with Crippen molar-refractivity contribution in [3.63, 3.8) is 0 Å². The number of rotatable bonds is 2. The molecule has 1 fully saturated rings. The zero-order valence-electron chi connectivity index (χ0n) is 11.8. The predicted molar refractivity (Wildman–Crippen MR) is 68.9 cm³/mol. The second-order valence-corrected chi connectivity index (χ2v) is 6.47. The highest BCUT2D eigenvalue weighted by Gasteiger charge is 2.56. The molecule has 19 heavy (non-hydrogen) atoms. The van der Waals surface area contributed by atoms with Crippen molar-refractivity contribution in [1.82, 2.24) is 0 Å². The first-order valence-electron chi connectivity index (χ1n) is 6.42. The molecule has 2 nitrogen and oxygen atoms in total. The molecule has 0 saturated carbocycles. The Morgan fingerprint density at radius 3 is 2.37 bits per heavy atom. The van der Waals surface area contributed by atoms with Gasteiger partial charge in [-0.25, -0.2) is 8.78 Å². The summed E-state index contributed by atoms with van der Waals surface area (Å²) in [6, 6.07) is 4.02. The highest BCUT2D eigenvalue weighted by Crippen LogP contribution is 2.46. The molecule has 1 heterocycles. The molecule has 1 saturated heterocycles. The summed E-state index contributed by atoms with van der Waals surface area (Å²) in [5.74, 6) is -1.78. The fourth-order valence-corrected chi connectivity index (χ4v) is 3.01. The van der Waals surface area contributed by atoms with E-state index in [1.54, 1.807) is 13.8 Å². The third kappa shape index (κ3) is 2.51. The summed E-state index contributed by atoms with van der Waals surface area (Å²) in [5.41, 5.74) is -2.33. The molecule has 0 radical (unpaired) electrons. The van der Waals surface area contributed by atoms with E-state index in [0.717, 1.165) is 6.07 Å². The van der Waals surface area contributed by atoms with Gasteiger partial charge < -0.3 is 9.84 Å². The van der Waals surface area contributed by atoms with E-state index >= 15 is 0 Å². The van der Waals surface area contributed by atoms with Crippen molar-refractivity contribution in [1.29, 1.82) is 0 Å². The van der Waals surface area contributed by atoms with Gasteiger partial charge in [0.15, 0.2) is 11.6 Å². The van der Waals surface area contributed by atoms with E-state index in [9.17, 15) is 13.9 Å². The SMILES string of the molecule is CC1(C)CC(O)(Cc2cccc(F)c2F)C(C)(C)O1. The minimum atomic E-state index is -1.22. The van der Waals surface area contributed by atoms with Gasteiger partial charge in [-0.3, -0.25) is 0 Å². The summed E-state index contributed by atoms with van der Waals surface area (Å²) in [4.78, 5) is 0. The Morgan fingerprint density at radius 1 is 1.21 bits per heavy atom. The smallest absolute Gasteiger partial charge is 0.162 e. The molecule has 2 rings (SSSR count). The molecule has 1 N–H and O–H groups in total. The quantitative estimate of drug-likeness (QED) is 0.894. The van der Waals surface area contributed by atoms with Crippen molar-refractivity contribution >= 4 is 0 Å². The van der Waals surface area contributed by atoms with E-state index in [1.807, 2.05) is 13.8 Å². The highest BCUT2D eigenvalue weighted by atomic mass is 19.2. The van der Waals surface area contributed by atoms with E-state index in [0.29, 0.717) is 6.42 Å². The number of halogens is 2. The van der Waals surface area contributed by atoms with E-state index in [4.69, 9.17) is 4.74 Å². The lowest BCUT2D eigenvalue weighted by Crippen LogP contribution is -2.48. The van der Waals surface area contributed by atoms with Gasteiger partial charge in [-0.05, 0) is 39.3 Å². The van der Waals surface area contributed by atoms with Crippen molar-refractivity contribution in [2.45, 2.75) is 57.3 Å². The van der Waals surface area contributed by atoms with Crippen molar-refractivity contribution in [3.8, 4) is 0 Å². The van der Waals surface area contributed by atoms with Crippen LogP contribution in [0.2, 0.25) is 0 Å². The van der Waals surface area contributed by atoms with Crippen molar-refractivity contribution in [2.75, 3.05) is 0 Å². The monoisotopic (exact) mass is 270 g/mol. The summed E-state index contributed by atoms with van der Waals surface area (Å²) >= 11 is 0. The fourth-order valence-electron chi connectivity index (χ4n) is 3.01. The maximum atomic E-state index is 13.7. The molecule has 0 bridgehead atoms. The predicted octanol–water partition coefficient (Wildman–Crippen LogP) is 3.22. The lowest BCUT2D eigenvalue weighted by atomic mass is 9.78. The number of aliphatic hydroxyl groups is 1. The van der Waals surface area contributed by atoms with E-state index in [1.165, 1.54) is 12.1 Å². The molecule has 1 aliphatic rings. The van der Waals surface area contributed by atoms with Crippen LogP contribution in [0.3, 0.4) is 0 Å². The van der Waals surface area contributed by atoms with E-state index in [2.05, 4.69) is 0 Å². The summed E-state index contributed by atoms with van der Waals surface area (Å²) < 4.78 is 32.8. The number of hydrogen-bond donors (Lipinski definition) is 1. The normalized spacial score (nSPS) is 28.6. The first-order valence-corrected chi connectivity index (χ1v) is 6.42.